The molecule has 1 N–H and O–H groups in total. The monoisotopic (exact) mass is 207 g/mol. The van der Waals surface area contributed by atoms with Gasteiger partial charge < -0.3 is 9.47 Å². The van der Waals surface area contributed by atoms with Crippen molar-refractivity contribution in [3.63, 3.8) is 0 Å². The zero-order valence-electron chi connectivity index (χ0n) is 8.31. The van der Waals surface area contributed by atoms with Gasteiger partial charge in [0, 0.05) is 0 Å². The minimum absolute atomic E-state index is 0.253. The van der Waals surface area contributed by atoms with Gasteiger partial charge in [-0.2, -0.15) is 0 Å². The molecule has 0 amide bonds. The first-order chi connectivity index (χ1) is 7.36. The third-order valence-corrected chi connectivity index (χ3v) is 2.22. The predicted octanol–water partition coefficient (Wildman–Crippen LogP) is 0.676. The van der Waals surface area contributed by atoms with E-state index in [0.717, 1.165) is 5.56 Å². The molecule has 0 saturated carbocycles. The van der Waals surface area contributed by atoms with E-state index < -0.39 is 0 Å². The Balaban J connectivity index is 1.80. The molecule has 1 aliphatic rings. The van der Waals surface area contributed by atoms with Gasteiger partial charge in [-0.15, -0.1) is 0 Å². The summed E-state index contributed by atoms with van der Waals surface area (Å²) in [5, 5.41) is 2.90. The summed E-state index contributed by atoms with van der Waals surface area (Å²) in [4.78, 5) is 11.5. The molecule has 1 fully saturated rings. The lowest BCUT2D eigenvalue weighted by atomic mass is 10.2. The van der Waals surface area contributed by atoms with E-state index >= 15 is 0 Å². The third-order valence-electron chi connectivity index (χ3n) is 2.22. The first-order valence-corrected chi connectivity index (χ1v) is 4.88. The first kappa shape index (κ1) is 10.1. The van der Waals surface area contributed by atoms with Gasteiger partial charge in [-0.05, 0) is 5.56 Å². The molecule has 1 atom stereocenters. The molecule has 1 aliphatic heterocycles. The summed E-state index contributed by atoms with van der Waals surface area (Å²) >= 11 is 0. The van der Waals surface area contributed by atoms with E-state index in [0.29, 0.717) is 19.9 Å². The molecule has 4 nitrogen and oxygen atoms in total. The lowest BCUT2D eigenvalue weighted by Crippen LogP contribution is -2.34. The molecule has 0 radical (unpaired) electrons. The van der Waals surface area contributed by atoms with E-state index in [1.807, 2.05) is 30.3 Å². The van der Waals surface area contributed by atoms with Gasteiger partial charge in [0.05, 0.1) is 13.3 Å². The fourth-order valence-corrected chi connectivity index (χ4v) is 1.38. The highest BCUT2D eigenvalue weighted by molar-refractivity contribution is 5.76. The quantitative estimate of drug-likeness (QED) is 0.740. The molecule has 1 unspecified atom stereocenters. The van der Waals surface area contributed by atoms with E-state index in [9.17, 15) is 4.79 Å². The summed E-state index contributed by atoms with van der Waals surface area (Å²) in [6.45, 7) is 1.14. The molecule has 4 heteroatoms. The van der Waals surface area contributed by atoms with E-state index in [1.165, 1.54) is 0 Å². The Labute approximate surface area is 88.2 Å². The number of nitrogens with one attached hydrogen (secondary N) is 1. The van der Waals surface area contributed by atoms with Crippen molar-refractivity contribution in [1.29, 1.82) is 0 Å². The molecule has 1 aromatic carbocycles. The van der Waals surface area contributed by atoms with Crippen LogP contribution in [0.25, 0.3) is 0 Å². The highest BCUT2D eigenvalue weighted by Gasteiger charge is 2.23. The summed E-state index contributed by atoms with van der Waals surface area (Å²) in [6, 6.07) is 9.30. The Morgan fingerprint density at radius 3 is 2.93 bits per heavy atom. The lowest BCUT2D eigenvalue weighted by Gasteiger charge is -2.08. The smallest absolute Gasteiger partial charge is 0.325 e. The van der Waals surface area contributed by atoms with Crippen molar-refractivity contribution in [2.24, 2.45) is 0 Å². The van der Waals surface area contributed by atoms with Gasteiger partial charge in [-0.3, -0.25) is 10.1 Å². The second-order valence-corrected chi connectivity index (χ2v) is 3.37. The normalized spacial score (nSPS) is 20.1. The van der Waals surface area contributed by atoms with Crippen molar-refractivity contribution in [2.45, 2.75) is 12.6 Å². The topological polar surface area (TPSA) is 47.6 Å². The van der Waals surface area contributed by atoms with Gasteiger partial charge in [0.2, 0.25) is 0 Å². The largest absolute Gasteiger partial charge is 0.460 e. The molecule has 0 bridgehead atoms. The third kappa shape index (κ3) is 2.78. The summed E-state index contributed by atoms with van der Waals surface area (Å²) in [5.41, 5.74) is 0.991. The number of esters is 1. The van der Waals surface area contributed by atoms with E-state index in [2.05, 4.69) is 5.32 Å². The van der Waals surface area contributed by atoms with Crippen molar-refractivity contribution in [1.82, 2.24) is 5.32 Å². The SMILES string of the molecule is O=C(OCc1ccccc1)C1COCN1. The highest BCUT2D eigenvalue weighted by Crippen LogP contribution is 2.03. The number of benzene rings is 1. The molecule has 1 saturated heterocycles. The zero-order valence-corrected chi connectivity index (χ0v) is 8.31. The molecule has 0 spiro atoms. The summed E-state index contributed by atoms with van der Waals surface area (Å²) in [5.74, 6) is -0.253. The van der Waals surface area contributed by atoms with Gasteiger partial charge >= 0.3 is 5.97 Å². The highest BCUT2D eigenvalue weighted by atomic mass is 16.5. The van der Waals surface area contributed by atoms with Crippen LogP contribution in [0.2, 0.25) is 0 Å². The van der Waals surface area contributed by atoms with Crippen LogP contribution in [0.3, 0.4) is 0 Å². The maximum atomic E-state index is 11.5. The lowest BCUT2D eigenvalue weighted by molar-refractivity contribution is -0.147. The van der Waals surface area contributed by atoms with Crippen LogP contribution >= 0.6 is 0 Å². The number of carbonyl (C=O) groups is 1. The van der Waals surface area contributed by atoms with Gasteiger partial charge in [0.1, 0.15) is 12.6 Å². The molecule has 0 aliphatic carbocycles. The Morgan fingerprint density at radius 2 is 2.27 bits per heavy atom. The van der Waals surface area contributed by atoms with Gasteiger partial charge in [-0.25, -0.2) is 0 Å². The van der Waals surface area contributed by atoms with Crippen molar-refractivity contribution in [3.8, 4) is 0 Å². The van der Waals surface area contributed by atoms with Crippen LogP contribution in [-0.2, 0) is 20.9 Å². The molecule has 15 heavy (non-hydrogen) atoms. The number of hydrogen-bond acceptors (Lipinski definition) is 4. The maximum Gasteiger partial charge on any atom is 0.325 e. The van der Waals surface area contributed by atoms with Gasteiger partial charge in [-0.1, -0.05) is 30.3 Å². The van der Waals surface area contributed by atoms with Crippen molar-refractivity contribution >= 4 is 5.97 Å². The van der Waals surface area contributed by atoms with E-state index in [4.69, 9.17) is 9.47 Å². The minimum atomic E-state index is -0.311. The molecule has 1 aromatic rings. The van der Waals surface area contributed by atoms with E-state index in [-0.39, 0.29) is 12.0 Å². The zero-order chi connectivity index (χ0) is 10.5. The molecule has 1 heterocycles. The molecular formula is C11H13NO3. The predicted molar refractivity (Wildman–Crippen MR) is 54.0 cm³/mol. The Hall–Kier alpha value is -1.39. The standard InChI is InChI=1S/C11H13NO3/c13-11(10-7-14-8-12-10)15-6-9-4-2-1-3-5-9/h1-5,10,12H,6-8H2. The number of hydrogen-bond donors (Lipinski definition) is 1. The van der Waals surface area contributed by atoms with Crippen LogP contribution in [-0.4, -0.2) is 25.3 Å². The average molecular weight is 207 g/mol. The average Bonchev–Trinajstić information content (AvgIpc) is 2.81. The molecule has 0 aromatic heterocycles. The fourth-order valence-electron chi connectivity index (χ4n) is 1.38. The second kappa shape index (κ2) is 4.91. The molecule has 80 valence electrons. The van der Waals surface area contributed by atoms with Gasteiger partial charge in [0.15, 0.2) is 0 Å². The van der Waals surface area contributed by atoms with E-state index in [1.54, 1.807) is 0 Å². The van der Waals surface area contributed by atoms with Crippen LogP contribution in [0.4, 0.5) is 0 Å². The maximum absolute atomic E-state index is 11.5. The van der Waals surface area contributed by atoms with Crippen LogP contribution in [0.1, 0.15) is 5.56 Å². The first-order valence-electron chi connectivity index (χ1n) is 4.88. The Bertz CT molecular complexity index is 320. The number of rotatable bonds is 3. The Kier molecular flexibility index (Phi) is 3.32. The number of carbonyl (C=O) groups excluding carboxylic acids is 1. The summed E-state index contributed by atoms with van der Waals surface area (Å²) in [6.07, 6.45) is 0. The fraction of sp³-hybridized carbons (Fsp3) is 0.364. The number of ether oxygens (including phenoxy) is 2. The van der Waals surface area contributed by atoms with Gasteiger partial charge in [0.25, 0.3) is 0 Å². The van der Waals surface area contributed by atoms with Crippen LogP contribution in [0.5, 0.6) is 0 Å². The van der Waals surface area contributed by atoms with Crippen LogP contribution in [0, 0.1) is 0 Å². The molecule has 2 rings (SSSR count). The van der Waals surface area contributed by atoms with Crippen molar-refractivity contribution in [3.05, 3.63) is 35.9 Å². The van der Waals surface area contributed by atoms with Crippen molar-refractivity contribution < 1.29 is 14.3 Å². The summed E-state index contributed by atoms with van der Waals surface area (Å²) < 4.78 is 10.1. The minimum Gasteiger partial charge on any atom is -0.460 e. The van der Waals surface area contributed by atoms with Crippen LogP contribution in [0.15, 0.2) is 30.3 Å². The molecular weight excluding hydrogens is 194 g/mol. The van der Waals surface area contributed by atoms with Crippen LogP contribution < -0.4 is 5.32 Å². The second-order valence-electron chi connectivity index (χ2n) is 3.37. The summed E-state index contributed by atoms with van der Waals surface area (Å²) in [7, 11) is 0. The Morgan fingerprint density at radius 1 is 1.47 bits per heavy atom. The van der Waals surface area contributed by atoms with Crippen molar-refractivity contribution in [2.75, 3.05) is 13.3 Å².